The van der Waals surface area contributed by atoms with Crippen LogP contribution in [-0.2, 0) is 0 Å². The van der Waals surface area contributed by atoms with Crippen molar-refractivity contribution in [3.8, 4) is 96.7 Å². The summed E-state index contributed by atoms with van der Waals surface area (Å²) in [6, 6.07) is 0. The molecular formula is C20H4. The maximum absolute atomic E-state index is 5.32. The molecular weight excluding hydrogens is 240 g/mol. The Bertz CT molecular complexity index is 770. The molecule has 1 rings (SSSR count). The van der Waals surface area contributed by atoms with Gasteiger partial charge in [0.25, 0.3) is 0 Å². The van der Waals surface area contributed by atoms with E-state index in [9.17, 15) is 0 Å². The Hall–Kier alpha value is -4.04. The first-order valence-corrected chi connectivity index (χ1v) is 5.15. The van der Waals surface area contributed by atoms with E-state index >= 15 is 0 Å². The van der Waals surface area contributed by atoms with Crippen LogP contribution < -0.4 is 0 Å². The van der Waals surface area contributed by atoms with E-state index in [1.54, 1.807) is 0 Å². The summed E-state index contributed by atoms with van der Waals surface area (Å²) in [6.45, 7) is 0. The molecule has 0 aliphatic heterocycles. The third-order valence-corrected chi connectivity index (χ3v) is 1.95. The summed E-state index contributed by atoms with van der Waals surface area (Å²) in [7, 11) is 0. The van der Waals surface area contributed by atoms with E-state index in [2.05, 4.69) is 71.0 Å². The van der Waals surface area contributed by atoms with Crippen molar-refractivity contribution in [2.75, 3.05) is 0 Å². The van der Waals surface area contributed by atoms with Gasteiger partial charge in [-0.15, -0.1) is 25.7 Å². The fraction of sp³-hybridized carbons (Fsp3) is 0. The van der Waals surface area contributed by atoms with Gasteiger partial charge in [-0.1, -0.05) is 23.7 Å². The lowest BCUT2D eigenvalue weighted by Gasteiger charge is -1.89. The van der Waals surface area contributed by atoms with Gasteiger partial charge >= 0.3 is 0 Å². The van der Waals surface area contributed by atoms with Gasteiger partial charge in [0.15, 0.2) is 0 Å². The first-order chi connectivity index (χ1) is 9.76. The molecule has 0 radical (unpaired) electrons. The normalized spacial score (nSPS) is 18.6. The molecule has 0 aromatic rings. The largest absolute Gasteiger partial charge is 0.114 e. The zero-order chi connectivity index (χ0) is 14.8. The SMILES string of the molecule is C#C/C1=C(\C#C)C#CC#C/C(C#C)=C(/C#C)C#CC#C1. The van der Waals surface area contributed by atoms with Crippen LogP contribution >= 0.6 is 0 Å². The topological polar surface area (TPSA) is 0 Å². The molecule has 0 aromatic heterocycles. The second kappa shape index (κ2) is 7.32. The molecule has 0 heterocycles. The van der Waals surface area contributed by atoms with Crippen LogP contribution in [0.1, 0.15) is 0 Å². The summed E-state index contributed by atoms with van der Waals surface area (Å²) < 4.78 is 0. The summed E-state index contributed by atoms with van der Waals surface area (Å²) in [6.07, 6.45) is 21.3. The lowest BCUT2D eigenvalue weighted by atomic mass is 10.1. The van der Waals surface area contributed by atoms with Crippen LogP contribution in [0.5, 0.6) is 0 Å². The van der Waals surface area contributed by atoms with Crippen LogP contribution in [0, 0.1) is 96.7 Å². The van der Waals surface area contributed by atoms with E-state index in [0.29, 0.717) is 0 Å². The lowest BCUT2D eigenvalue weighted by Crippen LogP contribution is -1.84. The third-order valence-electron chi connectivity index (χ3n) is 1.95. The van der Waals surface area contributed by atoms with Gasteiger partial charge in [-0.3, -0.25) is 0 Å². The van der Waals surface area contributed by atoms with Gasteiger partial charge in [-0.25, -0.2) is 0 Å². The molecule has 1 aliphatic carbocycles. The zero-order valence-corrected chi connectivity index (χ0v) is 10.3. The Morgan fingerprint density at radius 2 is 0.650 bits per heavy atom. The highest BCUT2D eigenvalue weighted by atomic mass is 13.9. The van der Waals surface area contributed by atoms with Crippen LogP contribution in [0.3, 0.4) is 0 Å². The molecule has 0 saturated heterocycles. The van der Waals surface area contributed by atoms with Crippen molar-refractivity contribution in [3.05, 3.63) is 22.3 Å². The van der Waals surface area contributed by atoms with Crippen LogP contribution in [-0.4, -0.2) is 0 Å². The molecule has 0 heteroatoms. The van der Waals surface area contributed by atoms with E-state index in [1.807, 2.05) is 0 Å². The van der Waals surface area contributed by atoms with Gasteiger partial charge in [0.1, 0.15) is 0 Å². The number of terminal acetylenes is 4. The quantitative estimate of drug-likeness (QED) is 0.561. The van der Waals surface area contributed by atoms with Crippen molar-refractivity contribution in [3.63, 3.8) is 0 Å². The number of hydrogen-bond donors (Lipinski definition) is 0. The van der Waals surface area contributed by atoms with Crippen LogP contribution in [0.4, 0.5) is 0 Å². The highest BCUT2D eigenvalue weighted by Crippen LogP contribution is 2.02. The molecule has 1 aliphatic rings. The van der Waals surface area contributed by atoms with Gasteiger partial charge in [-0.2, -0.15) is 0 Å². The van der Waals surface area contributed by atoms with Gasteiger partial charge in [0.2, 0.25) is 0 Å². The van der Waals surface area contributed by atoms with E-state index in [-0.39, 0.29) is 22.3 Å². The predicted molar refractivity (Wildman–Crippen MR) is 80.5 cm³/mol. The summed E-state index contributed by atoms with van der Waals surface area (Å²) >= 11 is 0. The fourth-order valence-electron chi connectivity index (χ4n) is 1.06. The molecule has 0 saturated carbocycles. The van der Waals surface area contributed by atoms with Crippen molar-refractivity contribution in [2.24, 2.45) is 0 Å². The highest BCUT2D eigenvalue weighted by molar-refractivity contribution is 5.65. The summed E-state index contributed by atoms with van der Waals surface area (Å²) in [5.74, 6) is 30.3. The van der Waals surface area contributed by atoms with Gasteiger partial charge in [0, 0.05) is 0 Å². The Morgan fingerprint density at radius 1 is 0.450 bits per heavy atom. The molecule has 0 nitrogen and oxygen atoms in total. The minimum Gasteiger partial charge on any atom is -0.114 e. The van der Waals surface area contributed by atoms with Crippen molar-refractivity contribution in [1.82, 2.24) is 0 Å². The second-order valence-corrected chi connectivity index (χ2v) is 3.08. The molecule has 0 N–H and O–H groups in total. The summed E-state index contributed by atoms with van der Waals surface area (Å²) in [5.41, 5.74) is 1.11. The number of hydrogen-bond acceptors (Lipinski definition) is 0. The van der Waals surface area contributed by atoms with Crippen molar-refractivity contribution < 1.29 is 0 Å². The maximum Gasteiger partial charge on any atom is 0.0993 e. The Balaban J connectivity index is 3.61. The fourth-order valence-corrected chi connectivity index (χ4v) is 1.06. The minimum atomic E-state index is 0.278. The lowest BCUT2D eigenvalue weighted by molar-refractivity contribution is 1.76. The monoisotopic (exact) mass is 244 g/mol. The smallest absolute Gasteiger partial charge is 0.0993 e. The van der Waals surface area contributed by atoms with Crippen molar-refractivity contribution in [2.45, 2.75) is 0 Å². The Labute approximate surface area is 119 Å². The van der Waals surface area contributed by atoms with Gasteiger partial charge in [0.05, 0.1) is 22.3 Å². The maximum atomic E-state index is 5.32. The predicted octanol–water partition coefficient (Wildman–Crippen LogP) is 1.14. The second-order valence-electron chi connectivity index (χ2n) is 3.08. The molecule has 0 atom stereocenters. The van der Waals surface area contributed by atoms with Crippen LogP contribution in [0.15, 0.2) is 22.3 Å². The van der Waals surface area contributed by atoms with E-state index in [4.69, 9.17) is 25.7 Å². The van der Waals surface area contributed by atoms with Gasteiger partial charge in [-0.05, 0) is 47.4 Å². The van der Waals surface area contributed by atoms with Crippen molar-refractivity contribution >= 4 is 0 Å². The first kappa shape index (κ1) is 14.0. The van der Waals surface area contributed by atoms with Crippen LogP contribution in [0.2, 0.25) is 0 Å². The summed E-state index contributed by atoms with van der Waals surface area (Å²) in [5, 5.41) is 0. The molecule has 20 heavy (non-hydrogen) atoms. The highest BCUT2D eigenvalue weighted by Gasteiger charge is 1.97. The Kier molecular flexibility index (Phi) is 5.13. The molecule has 0 bridgehead atoms. The van der Waals surface area contributed by atoms with E-state index in [0.717, 1.165) is 0 Å². The number of rotatable bonds is 0. The zero-order valence-electron chi connectivity index (χ0n) is 10.3. The van der Waals surface area contributed by atoms with Gasteiger partial charge < -0.3 is 0 Å². The third kappa shape index (κ3) is 3.48. The van der Waals surface area contributed by atoms with Crippen molar-refractivity contribution in [1.29, 1.82) is 0 Å². The first-order valence-electron chi connectivity index (χ1n) is 5.15. The molecule has 0 aromatic carbocycles. The van der Waals surface area contributed by atoms with Crippen LogP contribution in [0.25, 0.3) is 0 Å². The standard InChI is InChI=1S/C20H4/c1-5-17-13-9-10-15-19(7-3)20(8-4)16-12-11-14-18(17)6-2/h1-4H/b18-17-,20-19-. The Morgan fingerprint density at radius 3 is 0.800 bits per heavy atom. The average molecular weight is 244 g/mol. The van der Waals surface area contributed by atoms with E-state index < -0.39 is 0 Å². The summed E-state index contributed by atoms with van der Waals surface area (Å²) in [4.78, 5) is 0. The minimum absolute atomic E-state index is 0.278. The molecule has 0 fully saturated rings. The molecule has 0 amide bonds. The average Bonchev–Trinajstić information content (AvgIpc) is 2.47. The number of allylic oxidation sites excluding steroid dienone is 4. The molecule has 84 valence electrons. The molecule has 0 spiro atoms. The van der Waals surface area contributed by atoms with E-state index in [1.165, 1.54) is 0 Å². The molecule has 0 unspecified atom stereocenters.